The maximum absolute atomic E-state index is 11.8. The van der Waals surface area contributed by atoms with Gasteiger partial charge in [-0.15, -0.1) is 0 Å². The Morgan fingerprint density at radius 1 is 1.57 bits per heavy atom. The number of hydrogen-bond donors (Lipinski definition) is 0. The lowest BCUT2D eigenvalue weighted by atomic mass is 10.1. The van der Waals surface area contributed by atoms with Crippen molar-refractivity contribution in [1.82, 2.24) is 4.98 Å². The first-order chi connectivity index (χ1) is 6.66. The highest BCUT2D eigenvalue weighted by molar-refractivity contribution is 5.28. The van der Waals surface area contributed by atoms with Crippen molar-refractivity contribution in [2.24, 2.45) is 0 Å². The molecule has 1 atom stereocenters. The van der Waals surface area contributed by atoms with E-state index in [0.29, 0.717) is 12.3 Å². The van der Waals surface area contributed by atoms with Gasteiger partial charge < -0.3 is 9.47 Å². The van der Waals surface area contributed by atoms with Crippen molar-refractivity contribution in [3.63, 3.8) is 0 Å². The second-order valence-corrected chi connectivity index (χ2v) is 3.02. The van der Waals surface area contributed by atoms with Gasteiger partial charge in [0.15, 0.2) is 0 Å². The summed E-state index contributed by atoms with van der Waals surface area (Å²) in [5.41, 5.74) is 1.61. The molecule has 0 saturated carbocycles. The predicted octanol–water partition coefficient (Wildman–Crippen LogP) is 2.06. The normalized spacial score (nSPS) is 19.9. The molecule has 1 unspecified atom stereocenters. The molecule has 76 valence electrons. The Labute approximate surface area is 79.7 Å². The van der Waals surface area contributed by atoms with Crippen molar-refractivity contribution in [3.8, 4) is 5.88 Å². The van der Waals surface area contributed by atoms with Gasteiger partial charge in [-0.25, -0.2) is 4.98 Å². The monoisotopic (exact) mass is 201 g/mol. The standard InChI is InChI=1S/C9H9F2NO2/c1-5-6(7-4-13-7)2-3-8(12-5)14-9(10)11/h2-3,7,9H,4H2,1H3. The summed E-state index contributed by atoms with van der Waals surface area (Å²) in [4.78, 5) is 3.89. The van der Waals surface area contributed by atoms with Crippen molar-refractivity contribution in [3.05, 3.63) is 23.4 Å². The highest BCUT2D eigenvalue weighted by Gasteiger charge is 2.27. The Morgan fingerprint density at radius 3 is 2.79 bits per heavy atom. The van der Waals surface area contributed by atoms with Gasteiger partial charge in [0.05, 0.1) is 6.61 Å². The molecule has 2 heterocycles. The molecule has 5 heteroatoms. The lowest BCUT2D eigenvalue weighted by molar-refractivity contribution is -0.0529. The number of ether oxygens (including phenoxy) is 2. The summed E-state index contributed by atoms with van der Waals surface area (Å²) in [5.74, 6) is -0.0538. The second kappa shape index (κ2) is 3.49. The molecular formula is C9H9F2NO2. The summed E-state index contributed by atoms with van der Waals surface area (Å²) in [5, 5.41) is 0. The van der Waals surface area contributed by atoms with Crippen LogP contribution in [0.15, 0.2) is 12.1 Å². The smallest absolute Gasteiger partial charge is 0.388 e. The van der Waals surface area contributed by atoms with Gasteiger partial charge in [0.25, 0.3) is 0 Å². The topological polar surface area (TPSA) is 34.6 Å². The first-order valence-electron chi connectivity index (χ1n) is 4.21. The Hall–Kier alpha value is -1.23. The minimum atomic E-state index is -2.83. The predicted molar refractivity (Wildman–Crippen MR) is 44.3 cm³/mol. The molecule has 1 fully saturated rings. The minimum Gasteiger partial charge on any atom is -0.417 e. The van der Waals surface area contributed by atoms with Crippen molar-refractivity contribution >= 4 is 0 Å². The van der Waals surface area contributed by atoms with Crippen LogP contribution in [0.2, 0.25) is 0 Å². The Balaban J connectivity index is 2.17. The number of pyridine rings is 1. The van der Waals surface area contributed by atoms with Gasteiger partial charge in [0.2, 0.25) is 5.88 Å². The zero-order chi connectivity index (χ0) is 10.1. The summed E-state index contributed by atoms with van der Waals surface area (Å²) >= 11 is 0. The van der Waals surface area contributed by atoms with E-state index in [1.165, 1.54) is 6.07 Å². The molecule has 0 aromatic carbocycles. The quantitative estimate of drug-likeness (QED) is 0.702. The molecule has 1 aliphatic heterocycles. The Kier molecular flexibility index (Phi) is 2.33. The van der Waals surface area contributed by atoms with Crippen molar-refractivity contribution in [2.45, 2.75) is 19.6 Å². The summed E-state index contributed by atoms with van der Waals surface area (Å²) in [6.07, 6.45) is 0.0862. The van der Waals surface area contributed by atoms with Crippen LogP contribution >= 0.6 is 0 Å². The molecule has 0 amide bonds. The van der Waals surface area contributed by atoms with Crippen molar-refractivity contribution < 1.29 is 18.3 Å². The molecule has 1 aliphatic rings. The third-order valence-corrected chi connectivity index (χ3v) is 1.99. The van der Waals surface area contributed by atoms with Crippen molar-refractivity contribution in [1.29, 1.82) is 0 Å². The number of hydrogen-bond acceptors (Lipinski definition) is 3. The number of nitrogens with zero attached hydrogens (tertiary/aromatic N) is 1. The molecule has 2 rings (SSSR count). The fourth-order valence-corrected chi connectivity index (χ4v) is 1.27. The number of aromatic nitrogens is 1. The Morgan fingerprint density at radius 2 is 2.29 bits per heavy atom. The maximum atomic E-state index is 11.8. The molecule has 0 spiro atoms. The fourth-order valence-electron chi connectivity index (χ4n) is 1.27. The first-order valence-corrected chi connectivity index (χ1v) is 4.21. The van der Waals surface area contributed by atoms with E-state index in [0.717, 1.165) is 5.56 Å². The van der Waals surface area contributed by atoms with Gasteiger partial charge in [-0.1, -0.05) is 0 Å². The molecule has 14 heavy (non-hydrogen) atoms. The number of rotatable bonds is 3. The maximum Gasteiger partial charge on any atom is 0.388 e. The largest absolute Gasteiger partial charge is 0.417 e. The third kappa shape index (κ3) is 1.98. The second-order valence-electron chi connectivity index (χ2n) is 3.02. The molecule has 0 aliphatic carbocycles. The van der Waals surface area contributed by atoms with Gasteiger partial charge in [-0.3, -0.25) is 0 Å². The van der Waals surface area contributed by atoms with E-state index in [4.69, 9.17) is 4.74 Å². The van der Waals surface area contributed by atoms with Crippen LogP contribution in [-0.2, 0) is 4.74 Å². The van der Waals surface area contributed by atoms with Crippen LogP contribution < -0.4 is 4.74 Å². The molecule has 0 N–H and O–H groups in total. The van der Waals surface area contributed by atoms with E-state index in [2.05, 4.69) is 9.72 Å². The van der Waals surface area contributed by atoms with Crippen LogP contribution in [0.4, 0.5) is 8.78 Å². The van der Waals surface area contributed by atoms with Crippen LogP contribution in [0.3, 0.4) is 0 Å². The zero-order valence-electron chi connectivity index (χ0n) is 7.54. The van der Waals surface area contributed by atoms with Gasteiger partial charge in [0, 0.05) is 17.3 Å². The Bertz CT molecular complexity index is 340. The summed E-state index contributed by atoms with van der Waals surface area (Å²) < 4.78 is 32.9. The molecular weight excluding hydrogens is 192 g/mol. The molecule has 1 aromatic rings. The molecule has 0 bridgehead atoms. The van der Waals surface area contributed by atoms with Crippen LogP contribution in [0.5, 0.6) is 5.88 Å². The highest BCUT2D eigenvalue weighted by Crippen LogP contribution is 2.32. The highest BCUT2D eigenvalue weighted by atomic mass is 19.3. The van der Waals surface area contributed by atoms with Crippen LogP contribution in [0.25, 0.3) is 0 Å². The van der Waals surface area contributed by atoms with Crippen LogP contribution in [-0.4, -0.2) is 18.2 Å². The van der Waals surface area contributed by atoms with Gasteiger partial charge >= 0.3 is 6.61 Å². The van der Waals surface area contributed by atoms with Gasteiger partial charge in [-0.05, 0) is 13.0 Å². The minimum absolute atomic E-state index is 0.0538. The average molecular weight is 201 g/mol. The zero-order valence-corrected chi connectivity index (χ0v) is 7.54. The number of alkyl halides is 2. The van der Waals surface area contributed by atoms with E-state index < -0.39 is 6.61 Å². The molecule has 1 saturated heterocycles. The fraction of sp³-hybridized carbons (Fsp3) is 0.444. The molecule has 3 nitrogen and oxygen atoms in total. The molecule has 0 radical (unpaired) electrons. The van der Waals surface area contributed by atoms with Gasteiger partial charge in [0.1, 0.15) is 6.10 Å². The summed E-state index contributed by atoms with van der Waals surface area (Å²) in [6, 6.07) is 3.13. The van der Waals surface area contributed by atoms with E-state index in [1.54, 1.807) is 13.0 Å². The van der Waals surface area contributed by atoms with Crippen molar-refractivity contribution in [2.75, 3.05) is 6.61 Å². The summed E-state index contributed by atoms with van der Waals surface area (Å²) in [7, 11) is 0. The van der Waals surface area contributed by atoms with E-state index in [-0.39, 0.29) is 12.0 Å². The van der Waals surface area contributed by atoms with Crippen LogP contribution in [0.1, 0.15) is 17.4 Å². The number of epoxide rings is 1. The van der Waals surface area contributed by atoms with E-state index in [9.17, 15) is 8.78 Å². The van der Waals surface area contributed by atoms with E-state index >= 15 is 0 Å². The van der Waals surface area contributed by atoms with Crippen LogP contribution in [0, 0.1) is 6.92 Å². The SMILES string of the molecule is Cc1nc(OC(F)F)ccc1C1CO1. The molecule has 1 aromatic heterocycles. The number of halogens is 2. The average Bonchev–Trinajstić information content (AvgIpc) is 2.86. The summed E-state index contributed by atoms with van der Waals surface area (Å²) in [6.45, 7) is -0.405. The lowest BCUT2D eigenvalue weighted by Gasteiger charge is -2.06. The lowest BCUT2D eigenvalue weighted by Crippen LogP contribution is -2.04. The third-order valence-electron chi connectivity index (χ3n) is 1.99. The first kappa shape index (κ1) is 9.33. The van der Waals surface area contributed by atoms with Gasteiger partial charge in [-0.2, -0.15) is 8.78 Å². The number of aryl methyl sites for hydroxylation is 1. The van der Waals surface area contributed by atoms with E-state index in [1.807, 2.05) is 0 Å².